The fraction of sp³-hybridized carbons (Fsp3) is 0.526. The maximum Gasteiger partial charge on any atom is 0.224 e. The molecule has 1 N–H and O–H groups in total. The fourth-order valence-corrected chi connectivity index (χ4v) is 3.20. The third-order valence-electron chi connectivity index (χ3n) is 4.42. The molecule has 0 aromatic heterocycles. The van der Waals surface area contributed by atoms with Gasteiger partial charge in [0.15, 0.2) is 0 Å². The molecule has 1 aromatic rings. The first kappa shape index (κ1) is 19.0. The molecule has 0 aliphatic carbocycles. The lowest BCUT2D eigenvalue weighted by Crippen LogP contribution is -2.41. The second-order valence-electron chi connectivity index (χ2n) is 6.74. The molecule has 1 aliphatic rings. The van der Waals surface area contributed by atoms with Gasteiger partial charge in [0.25, 0.3) is 0 Å². The van der Waals surface area contributed by atoms with Gasteiger partial charge < -0.3 is 15.1 Å². The summed E-state index contributed by atoms with van der Waals surface area (Å²) in [4.78, 5) is 39.2. The van der Waals surface area contributed by atoms with Gasteiger partial charge >= 0.3 is 0 Å². The van der Waals surface area contributed by atoms with Gasteiger partial charge in [-0.2, -0.15) is 0 Å². The number of hydrogen-bond donors (Lipinski definition) is 1. The lowest BCUT2D eigenvalue weighted by molar-refractivity contribution is -0.132. The number of carbonyl (C=O) groups excluding carboxylic acids is 3. The molecule has 1 heterocycles. The SMILES string of the molecule is CC(=O)Nc1cccc(N(CCC(=O)N2CCCC(C)C2)C(C)=O)c1. The summed E-state index contributed by atoms with van der Waals surface area (Å²) in [7, 11) is 0. The maximum absolute atomic E-state index is 12.4. The summed E-state index contributed by atoms with van der Waals surface area (Å²) < 4.78 is 0. The Morgan fingerprint density at radius 3 is 2.68 bits per heavy atom. The predicted molar refractivity (Wildman–Crippen MR) is 98.4 cm³/mol. The number of benzene rings is 1. The van der Waals surface area contributed by atoms with Crippen molar-refractivity contribution in [2.75, 3.05) is 29.9 Å². The van der Waals surface area contributed by atoms with Gasteiger partial charge in [0.2, 0.25) is 17.7 Å². The number of amides is 3. The molecule has 1 atom stereocenters. The Kier molecular flexibility index (Phi) is 6.56. The average molecular weight is 345 g/mol. The normalized spacial score (nSPS) is 17.1. The van der Waals surface area contributed by atoms with E-state index < -0.39 is 0 Å². The third-order valence-corrected chi connectivity index (χ3v) is 4.42. The quantitative estimate of drug-likeness (QED) is 0.892. The Balaban J connectivity index is 2.02. The number of anilines is 2. The zero-order valence-corrected chi connectivity index (χ0v) is 15.2. The van der Waals surface area contributed by atoms with E-state index in [0.29, 0.717) is 30.3 Å². The highest BCUT2D eigenvalue weighted by molar-refractivity contribution is 5.94. The van der Waals surface area contributed by atoms with E-state index in [9.17, 15) is 14.4 Å². The summed E-state index contributed by atoms with van der Waals surface area (Å²) in [5, 5.41) is 2.71. The van der Waals surface area contributed by atoms with E-state index in [4.69, 9.17) is 0 Å². The molecule has 0 spiro atoms. The molecular weight excluding hydrogens is 318 g/mol. The minimum absolute atomic E-state index is 0.0933. The van der Waals surface area contributed by atoms with Crippen LogP contribution in [0.5, 0.6) is 0 Å². The van der Waals surface area contributed by atoms with E-state index >= 15 is 0 Å². The zero-order chi connectivity index (χ0) is 18.4. The number of piperidine rings is 1. The summed E-state index contributed by atoms with van der Waals surface area (Å²) in [5.41, 5.74) is 1.31. The molecule has 1 saturated heterocycles. The van der Waals surface area contributed by atoms with E-state index in [2.05, 4.69) is 12.2 Å². The first-order chi connectivity index (χ1) is 11.9. The molecule has 25 heavy (non-hydrogen) atoms. The lowest BCUT2D eigenvalue weighted by Gasteiger charge is -2.31. The van der Waals surface area contributed by atoms with Crippen molar-refractivity contribution in [3.63, 3.8) is 0 Å². The third kappa shape index (κ3) is 5.59. The van der Waals surface area contributed by atoms with Gasteiger partial charge in [-0.15, -0.1) is 0 Å². The monoisotopic (exact) mass is 345 g/mol. The molecule has 1 unspecified atom stereocenters. The van der Waals surface area contributed by atoms with Crippen molar-refractivity contribution < 1.29 is 14.4 Å². The highest BCUT2D eigenvalue weighted by atomic mass is 16.2. The summed E-state index contributed by atoms with van der Waals surface area (Å²) in [5.74, 6) is 0.340. The number of rotatable bonds is 5. The van der Waals surface area contributed by atoms with E-state index in [-0.39, 0.29) is 17.7 Å². The molecule has 0 radical (unpaired) electrons. The Morgan fingerprint density at radius 1 is 1.28 bits per heavy atom. The van der Waals surface area contributed by atoms with Crippen LogP contribution in [0.2, 0.25) is 0 Å². The van der Waals surface area contributed by atoms with Gasteiger partial charge in [0.1, 0.15) is 0 Å². The summed E-state index contributed by atoms with van der Waals surface area (Å²) >= 11 is 0. The molecule has 0 bridgehead atoms. The Morgan fingerprint density at radius 2 is 2.04 bits per heavy atom. The van der Waals surface area contributed by atoms with Crippen LogP contribution >= 0.6 is 0 Å². The minimum atomic E-state index is -0.166. The first-order valence-electron chi connectivity index (χ1n) is 8.80. The molecule has 3 amide bonds. The van der Waals surface area contributed by atoms with Crippen LogP contribution in [0.25, 0.3) is 0 Å². The largest absolute Gasteiger partial charge is 0.342 e. The Labute approximate surface area is 149 Å². The second-order valence-corrected chi connectivity index (χ2v) is 6.74. The van der Waals surface area contributed by atoms with Crippen molar-refractivity contribution in [3.8, 4) is 0 Å². The Bertz CT molecular complexity index is 645. The minimum Gasteiger partial charge on any atom is -0.342 e. The Hall–Kier alpha value is -2.37. The van der Waals surface area contributed by atoms with Gasteiger partial charge in [0.05, 0.1) is 0 Å². The molecular formula is C19H27N3O3. The number of carbonyl (C=O) groups is 3. The van der Waals surface area contributed by atoms with Crippen molar-refractivity contribution in [2.45, 2.75) is 40.0 Å². The molecule has 1 aromatic carbocycles. The van der Waals surface area contributed by atoms with Crippen molar-refractivity contribution in [1.82, 2.24) is 4.90 Å². The van der Waals surface area contributed by atoms with Crippen LogP contribution < -0.4 is 10.2 Å². The van der Waals surface area contributed by atoms with Gasteiger partial charge in [-0.1, -0.05) is 13.0 Å². The van der Waals surface area contributed by atoms with E-state index in [0.717, 1.165) is 19.5 Å². The standard InChI is InChI=1S/C19H27N3O3/c1-14-6-5-10-21(13-14)19(25)9-11-22(16(3)24)18-8-4-7-17(12-18)20-15(2)23/h4,7-8,12,14H,5-6,9-11,13H2,1-3H3,(H,20,23). The van der Waals surface area contributed by atoms with Crippen LogP contribution in [0.3, 0.4) is 0 Å². The van der Waals surface area contributed by atoms with Crippen molar-refractivity contribution in [1.29, 1.82) is 0 Å². The molecule has 6 heteroatoms. The van der Waals surface area contributed by atoms with Crippen molar-refractivity contribution in [3.05, 3.63) is 24.3 Å². The van der Waals surface area contributed by atoms with E-state index in [1.54, 1.807) is 29.2 Å². The van der Waals surface area contributed by atoms with Crippen LogP contribution in [0.15, 0.2) is 24.3 Å². The molecule has 1 aliphatic heterocycles. The van der Waals surface area contributed by atoms with Crippen LogP contribution in [0, 0.1) is 5.92 Å². The van der Waals surface area contributed by atoms with Crippen molar-refractivity contribution in [2.24, 2.45) is 5.92 Å². The van der Waals surface area contributed by atoms with Gasteiger partial charge in [-0.25, -0.2) is 0 Å². The topological polar surface area (TPSA) is 69.7 Å². The van der Waals surface area contributed by atoms with Gasteiger partial charge in [-0.05, 0) is 37.0 Å². The molecule has 2 rings (SSSR count). The van der Waals surface area contributed by atoms with Gasteiger partial charge in [-0.3, -0.25) is 14.4 Å². The number of hydrogen-bond acceptors (Lipinski definition) is 3. The molecule has 136 valence electrons. The number of likely N-dealkylation sites (tertiary alicyclic amines) is 1. The highest BCUT2D eigenvalue weighted by Gasteiger charge is 2.22. The lowest BCUT2D eigenvalue weighted by atomic mass is 10.00. The fourth-order valence-electron chi connectivity index (χ4n) is 3.20. The molecule has 1 fully saturated rings. The van der Waals surface area contributed by atoms with E-state index in [1.165, 1.54) is 20.3 Å². The summed E-state index contributed by atoms with van der Waals surface area (Å²) in [6, 6.07) is 7.10. The smallest absolute Gasteiger partial charge is 0.224 e. The average Bonchev–Trinajstić information content (AvgIpc) is 2.54. The predicted octanol–water partition coefficient (Wildman–Crippen LogP) is 2.65. The summed E-state index contributed by atoms with van der Waals surface area (Å²) in [6.07, 6.45) is 2.51. The van der Waals surface area contributed by atoms with E-state index in [1.807, 2.05) is 4.90 Å². The number of nitrogens with one attached hydrogen (secondary N) is 1. The van der Waals surface area contributed by atoms with Crippen molar-refractivity contribution >= 4 is 29.1 Å². The zero-order valence-electron chi connectivity index (χ0n) is 15.2. The molecule has 0 saturated carbocycles. The highest BCUT2D eigenvalue weighted by Crippen LogP contribution is 2.21. The maximum atomic E-state index is 12.4. The van der Waals surface area contributed by atoms with Crippen LogP contribution in [-0.4, -0.2) is 42.3 Å². The second kappa shape index (κ2) is 8.65. The van der Waals surface area contributed by atoms with Gasteiger partial charge in [0, 0.05) is 51.3 Å². The van der Waals surface area contributed by atoms with Crippen LogP contribution in [-0.2, 0) is 14.4 Å². The molecule has 6 nitrogen and oxygen atoms in total. The van der Waals surface area contributed by atoms with Crippen LogP contribution in [0.1, 0.15) is 40.0 Å². The summed E-state index contributed by atoms with van der Waals surface area (Å²) in [6.45, 7) is 7.03. The number of nitrogens with zero attached hydrogens (tertiary/aromatic N) is 2. The first-order valence-corrected chi connectivity index (χ1v) is 8.80. The van der Waals surface area contributed by atoms with Crippen LogP contribution in [0.4, 0.5) is 11.4 Å².